The number of hydrogen-bond donors (Lipinski definition) is 1. The molecule has 1 aliphatic carbocycles. The Morgan fingerprint density at radius 1 is 1.55 bits per heavy atom. The van der Waals surface area contributed by atoms with Crippen molar-refractivity contribution in [3.63, 3.8) is 0 Å². The second-order valence-corrected chi connectivity index (χ2v) is 5.41. The van der Waals surface area contributed by atoms with Crippen LogP contribution in [0.5, 0.6) is 0 Å². The van der Waals surface area contributed by atoms with Gasteiger partial charge in [0.25, 0.3) is 0 Å². The summed E-state index contributed by atoms with van der Waals surface area (Å²) in [6.45, 7) is 5.56. The maximum Gasteiger partial charge on any atom is 0.326 e. The van der Waals surface area contributed by atoms with Crippen LogP contribution < -0.4 is 5.32 Å². The SMILES string of the molecule is CCOC(=O)C1(NCCCN=[N+]=[N-])CCCC(CC)C1. The van der Waals surface area contributed by atoms with E-state index in [0.29, 0.717) is 25.6 Å². The molecule has 0 heterocycles. The quantitative estimate of drug-likeness (QED) is 0.244. The minimum atomic E-state index is -0.536. The van der Waals surface area contributed by atoms with Crippen molar-refractivity contribution in [2.45, 2.75) is 57.9 Å². The fraction of sp³-hybridized carbons (Fsp3) is 0.929. The molecule has 0 aromatic rings. The molecule has 0 aromatic carbocycles. The molecule has 0 spiro atoms. The van der Waals surface area contributed by atoms with Gasteiger partial charge in [-0.25, -0.2) is 0 Å². The molecule has 1 N–H and O–H groups in total. The second-order valence-electron chi connectivity index (χ2n) is 5.41. The van der Waals surface area contributed by atoms with Crippen molar-refractivity contribution in [2.75, 3.05) is 19.7 Å². The Bertz CT molecular complexity index is 355. The maximum atomic E-state index is 12.3. The molecule has 2 unspecified atom stereocenters. The molecular weight excluding hydrogens is 256 g/mol. The van der Waals surface area contributed by atoms with E-state index in [9.17, 15) is 4.79 Å². The molecule has 20 heavy (non-hydrogen) atoms. The first-order valence-corrected chi connectivity index (χ1v) is 7.61. The third-order valence-electron chi connectivity index (χ3n) is 4.06. The number of ether oxygens (including phenoxy) is 1. The van der Waals surface area contributed by atoms with Crippen molar-refractivity contribution < 1.29 is 9.53 Å². The van der Waals surface area contributed by atoms with Crippen LogP contribution in [0.25, 0.3) is 10.4 Å². The van der Waals surface area contributed by atoms with Crippen molar-refractivity contribution in [1.82, 2.24) is 5.32 Å². The van der Waals surface area contributed by atoms with Gasteiger partial charge in [-0.3, -0.25) is 4.79 Å². The zero-order valence-corrected chi connectivity index (χ0v) is 12.6. The molecule has 114 valence electrons. The van der Waals surface area contributed by atoms with Crippen molar-refractivity contribution in [3.05, 3.63) is 10.4 Å². The molecule has 6 heteroatoms. The number of nitrogens with zero attached hydrogens (tertiary/aromatic N) is 3. The first kappa shape index (κ1) is 16.8. The number of hydrogen-bond acceptors (Lipinski definition) is 4. The summed E-state index contributed by atoms with van der Waals surface area (Å²) in [6.07, 6.45) is 5.77. The van der Waals surface area contributed by atoms with Crippen molar-refractivity contribution in [3.8, 4) is 0 Å². The standard InChI is InChI=1S/C14H26N4O2/c1-3-12-7-5-8-14(11-12,13(19)20-4-2)16-9-6-10-17-18-15/h12,16H,3-11H2,1-2H3. The van der Waals surface area contributed by atoms with Gasteiger partial charge in [-0.15, -0.1) is 0 Å². The van der Waals surface area contributed by atoms with Crippen LogP contribution in [0.2, 0.25) is 0 Å². The summed E-state index contributed by atoms with van der Waals surface area (Å²) in [5.41, 5.74) is 7.72. The van der Waals surface area contributed by atoms with Crippen LogP contribution >= 0.6 is 0 Å². The van der Waals surface area contributed by atoms with Crippen LogP contribution in [-0.4, -0.2) is 31.2 Å². The predicted octanol–water partition coefficient (Wildman–Crippen LogP) is 3.18. The molecule has 0 aromatic heterocycles. The smallest absolute Gasteiger partial charge is 0.326 e. The summed E-state index contributed by atoms with van der Waals surface area (Å²) >= 11 is 0. The van der Waals surface area contributed by atoms with E-state index in [4.69, 9.17) is 10.3 Å². The molecule has 0 saturated heterocycles. The Balaban J connectivity index is 2.63. The monoisotopic (exact) mass is 282 g/mol. The fourth-order valence-corrected chi connectivity index (χ4v) is 2.95. The third kappa shape index (κ3) is 4.69. The molecular formula is C14H26N4O2. The molecule has 1 saturated carbocycles. The number of azide groups is 1. The third-order valence-corrected chi connectivity index (χ3v) is 4.06. The van der Waals surface area contributed by atoms with Crippen LogP contribution in [0.3, 0.4) is 0 Å². The highest BCUT2D eigenvalue weighted by atomic mass is 16.5. The molecule has 1 aliphatic rings. The van der Waals surface area contributed by atoms with E-state index in [1.165, 1.54) is 6.42 Å². The normalized spacial score (nSPS) is 25.8. The number of esters is 1. The first-order valence-electron chi connectivity index (χ1n) is 7.61. The summed E-state index contributed by atoms with van der Waals surface area (Å²) in [7, 11) is 0. The van der Waals surface area contributed by atoms with Gasteiger partial charge in [-0.2, -0.15) is 0 Å². The average Bonchev–Trinajstić information content (AvgIpc) is 2.47. The molecule has 6 nitrogen and oxygen atoms in total. The highest BCUT2D eigenvalue weighted by molar-refractivity contribution is 5.81. The highest BCUT2D eigenvalue weighted by Gasteiger charge is 2.42. The molecule has 0 aliphatic heterocycles. The van der Waals surface area contributed by atoms with Crippen molar-refractivity contribution >= 4 is 5.97 Å². The average molecular weight is 282 g/mol. The summed E-state index contributed by atoms with van der Waals surface area (Å²) in [4.78, 5) is 15.1. The summed E-state index contributed by atoms with van der Waals surface area (Å²) in [6, 6.07) is 0. The minimum absolute atomic E-state index is 0.123. The highest BCUT2D eigenvalue weighted by Crippen LogP contribution is 2.35. The number of carbonyl (C=O) groups is 1. The van der Waals surface area contributed by atoms with Crippen molar-refractivity contribution in [1.29, 1.82) is 0 Å². The van der Waals surface area contributed by atoms with Gasteiger partial charge < -0.3 is 10.1 Å². The van der Waals surface area contributed by atoms with Crippen LogP contribution in [0, 0.1) is 5.92 Å². The van der Waals surface area contributed by atoms with Crippen LogP contribution in [0.15, 0.2) is 5.11 Å². The lowest BCUT2D eigenvalue weighted by Gasteiger charge is -2.39. The van der Waals surface area contributed by atoms with E-state index in [2.05, 4.69) is 22.3 Å². The van der Waals surface area contributed by atoms with Crippen molar-refractivity contribution in [2.24, 2.45) is 11.0 Å². The van der Waals surface area contributed by atoms with E-state index in [1.807, 2.05) is 6.92 Å². The lowest BCUT2D eigenvalue weighted by molar-refractivity contribution is -0.153. The molecule has 1 fully saturated rings. The number of carbonyl (C=O) groups excluding carboxylic acids is 1. The number of nitrogens with one attached hydrogen (secondary N) is 1. The van der Waals surface area contributed by atoms with Gasteiger partial charge in [0, 0.05) is 11.5 Å². The topological polar surface area (TPSA) is 87.1 Å². The zero-order chi connectivity index (χ0) is 14.8. The Labute approximate surface area is 120 Å². The largest absolute Gasteiger partial charge is 0.465 e. The fourth-order valence-electron chi connectivity index (χ4n) is 2.95. The van der Waals surface area contributed by atoms with E-state index < -0.39 is 5.54 Å². The van der Waals surface area contributed by atoms with E-state index in [0.717, 1.165) is 32.1 Å². The maximum absolute atomic E-state index is 12.3. The Morgan fingerprint density at radius 3 is 3.00 bits per heavy atom. The lowest BCUT2D eigenvalue weighted by Crippen LogP contribution is -2.56. The predicted molar refractivity (Wildman–Crippen MR) is 78.2 cm³/mol. The van der Waals surface area contributed by atoms with Gasteiger partial charge >= 0.3 is 5.97 Å². The Kier molecular flexibility index (Phi) is 7.41. The van der Waals surface area contributed by atoms with Crippen LogP contribution in [0.4, 0.5) is 0 Å². The Morgan fingerprint density at radius 2 is 2.35 bits per heavy atom. The van der Waals surface area contributed by atoms with Gasteiger partial charge in [0.15, 0.2) is 0 Å². The molecule has 0 bridgehead atoms. The zero-order valence-electron chi connectivity index (χ0n) is 12.6. The molecule has 0 amide bonds. The summed E-state index contributed by atoms with van der Waals surface area (Å²) < 4.78 is 5.27. The van der Waals surface area contributed by atoms with Gasteiger partial charge in [-0.05, 0) is 44.2 Å². The first-order chi connectivity index (χ1) is 9.68. The van der Waals surface area contributed by atoms with E-state index in [1.54, 1.807) is 0 Å². The van der Waals surface area contributed by atoms with Crippen LogP contribution in [-0.2, 0) is 9.53 Å². The van der Waals surface area contributed by atoms with E-state index >= 15 is 0 Å². The summed E-state index contributed by atoms with van der Waals surface area (Å²) in [5.74, 6) is 0.458. The van der Waals surface area contributed by atoms with Crippen LogP contribution in [0.1, 0.15) is 52.4 Å². The molecule has 2 atom stereocenters. The number of rotatable bonds is 8. The summed E-state index contributed by atoms with van der Waals surface area (Å²) in [5, 5.41) is 6.90. The van der Waals surface area contributed by atoms with Gasteiger partial charge in [0.2, 0.25) is 0 Å². The van der Waals surface area contributed by atoms with Gasteiger partial charge in [-0.1, -0.05) is 31.3 Å². The molecule has 0 radical (unpaired) electrons. The second kappa shape index (κ2) is 8.82. The van der Waals surface area contributed by atoms with Gasteiger partial charge in [0.1, 0.15) is 5.54 Å². The molecule has 1 rings (SSSR count). The lowest BCUT2D eigenvalue weighted by atomic mass is 9.74. The Hall–Kier alpha value is -1.26. The van der Waals surface area contributed by atoms with Gasteiger partial charge in [0.05, 0.1) is 6.61 Å². The van der Waals surface area contributed by atoms with E-state index in [-0.39, 0.29) is 5.97 Å². The minimum Gasteiger partial charge on any atom is -0.465 e.